The van der Waals surface area contributed by atoms with Crippen LogP contribution in [0.2, 0.25) is 0 Å². The number of rotatable bonds is 1. The number of hydrogen-bond donors (Lipinski definition) is 1. The summed E-state index contributed by atoms with van der Waals surface area (Å²) in [6, 6.07) is 9.33. The molecule has 1 aromatic heterocycles. The van der Waals surface area contributed by atoms with E-state index < -0.39 is 0 Å². The van der Waals surface area contributed by atoms with Crippen LogP contribution in [0, 0.1) is 0 Å². The van der Waals surface area contributed by atoms with Crippen molar-refractivity contribution in [2.75, 3.05) is 24.6 Å². The minimum absolute atomic E-state index is 0.0189. The van der Waals surface area contributed by atoms with Crippen LogP contribution in [0.1, 0.15) is 17.4 Å². The lowest BCUT2D eigenvalue weighted by molar-refractivity contribution is 0.0758. The van der Waals surface area contributed by atoms with Gasteiger partial charge < -0.3 is 10.6 Å². The molecular weight excluding hydrogens is 270 g/mol. The number of pyridine rings is 1. The minimum Gasteiger partial charge on any atom is -0.398 e. The van der Waals surface area contributed by atoms with Crippen LogP contribution in [0.4, 0.5) is 5.69 Å². The van der Waals surface area contributed by atoms with Gasteiger partial charge in [-0.2, -0.15) is 11.8 Å². The first kappa shape index (κ1) is 13.2. The van der Waals surface area contributed by atoms with Crippen LogP contribution >= 0.6 is 11.8 Å². The lowest BCUT2D eigenvalue weighted by Crippen LogP contribution is -2.41. The lowest BCUT2D eigenvalue weighted by atomic mass is 10.1. The second-order valence-corrected chi connectivity index (χ2v) is 6.59. The fraction of sp³-hybridized carbons (Fsp3) is 0.333. The number of amides is 1. The molecule has 20 heavy (non-hydrogen) atoms. The van der Waals surface area contributed by atoms with E-state index in [4.69, 9.17) is 5.73 Å². The van der Waals surface area contributed by atoms with Gasteiger partial charge in [-0.1, -0.05) is 25.1 Å². The Kier molecular flexibility index (Phi) is 3.53. The van der Waals surface area contributed by atoms with Gasteiger partial charge in [0.15, 0.2) is 0 Å². The zero-order valence-electron chi connectivity index (χ0n) is 11.4. The van der Waals surface area contributed by atoms with Crippen LogP contribution in [0.15, 0.2) is 30.3 Å². The summed E-state index contributed by atoms with van der Waals surface area (Å²) in [5.41, 5.74) is 7.86. The highest BCUT2D eigenvalue weighted by molar-refractivity contribution is 7.99. The standard InChI is InChI=1S/C15H17N3OS/c1-10-9-18(6-7-20-10)15(19)14-8-12(16)11-4-2-3-5-13(11)17-14/h2-5,8,10H,6-7,9H2,1H3,(H2,16,17). The van der Waals surface area contributed by atoms with Gasteiger partial charge in [0.1, 0.15) is 5.69 Å². The van der Waals surface area contributed by atoms with E-state index in [1.54, 1.807) is 6.07 Å². The van der Waals surface area contributed by atoms with Crippen LogP contribution in [0.5, 0.6) is 0 Å². The summed E-state index contributed by atoms with van der Waals surface area (Å²) in [4.78, 5) is 18.9. The van der Waals surface area contributed by atoms with Gasteiger partial charge in [0, 0.05) is 35.2 Å². The number of nitrogens with two attached hydrogens (primary N) is 1. The average molecular weight is 287 g/mol. The van der Waals surface area contributed by atoms with Gasteiger partial charge in [0.25, 0.3) is 5.91 Å². The number of thioether (sulfide) groups is 1. The lowest BCUT2D eigenvalue weighted by Gasteiger charge is -2.30. The van der Waals surface area contributed by atoms with Gasteiger partial charge in [-0.3, -0.25) is 4.79 Å². The molecule has 2 heterocycles. The largest absolute Gasteiger partial charge is 0.398 e. The third-order valence-electron chi connectivity index (χ3n) is 3.50. The maximum absolute atomic E-state index is 12.5. The Labute approximate surface area is 122 Å². The number of hydrogen-bond acceptors (Lipinski definition) is 4. The Balaban J connectivity index is 1.95. The molecule has 1 aromatic carbocycles. The number of fused-ring (bicyclic) bond motifs is 1. The fourth-order valence-electron chi connectivity index (χ4n) is 2.48. The van der Waals surface area contributed by atoms with Gasteiger partial charge in [0.05, 0.1) is 5.52 Å². The molecule has 1 saturated heterocycles. The molecule has 2 aromatic rings. The average Bonchev–Trinajstić information content (AvgIpc) is 2.46. The Hall–Kier alpha value is -1.75. The molecule has 0 radical (unpaired) electrons. The highest BCUT2D eigenvalue weighted by Gasteiger charge is 2.23. The first-order chi connectivity index (χ1) is 9.65. The molecule has 1 atom stereocenters. The summed E-state index contributed by atoms with van der Waals surface area (Å²) in [6.45, 7) is 3.70. The van der Waals surface area contributed by atoms with Gasteiger partial charge in [-0.15, -0.1) is 0 Å². The third-order valence-corrected chi connectivity index (χ3v) is 4.63. The Morgan fingerprint density at radius 1 is 1.45 bits per heavy atom. The van der Waals surface area contributed by atoms with Crippen LogP contribution in [0.25, 0.3) is 10.9 Å². The molecule has 0 bridgehead atoms. The molecule has 104 valence electrons. The predicted molar refractivity (Wildman–Crippen MR) is 84.0 cm³/mol. The highest BCUT2D eigenvalue weighted by atomic mass is 32.2. The number of carbonyl (C=O) groups is 1. The second-order valence-electron chi connectivity index (χ2n) is 5.05. The number of nitrogen functional groups attached to an aromatic ring is 1. The van der Waals surface area contributed by atoms with E-state index in [0.717, 1.165) is 29.7 Å². The number of benzene rings is 1. The molecule has 1 amide bonds. The summed E-state index contributed by atoms with van der Waals surface area (Å²) in [6.07, 6.45) is 0. The molecule has 2 N–H and O–H groups in total. The maximum Gasteiger partial charge on any atom is 0.272 e. The molecule has 1 unspecified atom stereocenters. The SMILES string of the molecule is CC1CN(C(=O)c2cc(N)c3ccccc3n2)CCS1. The molecular formula is C15H17N3OS. The topological polar surface area (TPSA) is 59.2 Å². The van der Waals surface area contributed by atoms with Crippen molar-refractivity contribution in [3.8, 4) is 0 Å². The zero-order chi connectivity index (χ0) is 14.1. The normalized spacial score (nSPS) is 19.2. The number of para-hydroxylation sites is 1. The van der Waals surface area contributed by atoms with Crippen molar-refractivity contribution in [1.82, 2.24) is 9.88 Å². The van der Waals surface area contributed by atoms with Gasteiger partial charge in [0.2, 0.25) is 0 Å². The molecule has 1 aliphatic rings. The molecule has 4 nitrogen and oxygen atoms in total. The number of aromatic nitrogens is 1. The van der Waals surface area contributed by atoms with Crippen molar-refractivity contribution >= 4 is 34.3 Å². The quantitative estimate of drug-likeness (QED) is 0.875. The van der Waals surface area contributed by atoms with Gasteiger partial charge in [-0.25, -0.2) is 4.98 Å². The van der Waals surface area contributed by atoms with Crippen molar-refractivity contribution in [2.45, 2.75) is 12.2 Å². The van der Waals surface area contributed by atoms with E-state index in [9.17, 15) is 4.79 Å². The second kappa shape index (κ2) is 5.32. The molecule has 0 spiro atoms. The predicted octanol–water partition coefficient (Wildman–Crippen LogP) is 2.39. The van der Waals surface area contributed by atoms with Crippen molar-refractivity contribution in [3.05, 3.63) is 36.0 Å². The van der Waals surface area contributed by atoms with Crippen LogP contribution < -0.4 is 5.73 Å². The van der Waals surface area contributed by atoms with Gasteiger partial charge >= 0.3 is 0 Å². The van der Waals surface area contributed by atoms with Crippen molar-refractivity contribution < 1.29 is 4.79 Å². The Morgan fingerprint density at radius 3 is 3.05 bits per heavy atom. The number of nitrogens with zero attached hydrogens (tertiary/aromatic N) is 2. The van der Waals surface area contributed by atoms with E-state index in [1.165, 1.54) is 0 Å². The van der Waals surface area contributed by atoms with Gasteiger partial charge in [-0.05, 0) is 12.1 Å². The molecule has 3 rings (SSSR count). The third kappa shape index (κ3) is 2.45. The fourth-order valence-corrected chi connectivity index (χ4v) is 3.49. The number of carbonyl (C=O) groups excluding carboxylic acids is 1. The molecule has 0 saturated carbocycles. The van der Waals surface area contributed by atoms with E-state index in [0.29, 0.717) is 16.6 Å². The van der Waals surface area contributed by atoms with Crippen LogP contribution in [0.3, 0.4) is 0 Å². The zero-order valence-corrected chi connectivity index (χ0v) is 12.2. The molecule has 1 aliphatic heterocycles. The minimum atomic E-state index is -0.0189. The Bertz CT molecular complexity index is 659. The van der Waals surface area contributed by atoms with Crippen molar-refractivity contribution in [3.63, 3.8) is 0 Å². The Morgan fingerprint density at radius 2 is 2.25 bits per heavy atom. The van der Waals surface area contributed by atoms with E-state index in [2.05, 4.69) is 11.9 Å². The summed E-state index contributed by atoms with van der Waals surface area (Å²) in [7, 11) is 0. The molecule has 1 fully saturated rings. The van der Waals surface area contributed by atoms with Crippen LogP contribution in [-0.4, -0.2) is 39.9 Å². The van der Waals surface area contributed by atoms with E-state index in [-0.39, 0.29) is 5.91 Å². The smallest absolute Gasteiger partial charge is 0.272 e. The summed E-state index contributed by atoms with van der Waals surface area (Å²) in [5.74, 6) is 0.963. The number of anilines is 1. The summed E-state index contributed by atoms with van der Waals surface area (Å²) in [5, 5.41) is 1.37. The highest BCUT2D eigenvalue weighted by Crippen LogP contribution is 2.23. The molecule has 0 aliphatic carbocycles. The first-order valence-electron chi connectivity index (χ1n) is 6.71. The monoisotopic (exact) mass is 287 g/mol. The first-order valence-corrected chi connectivity index (χ1v) is 7.76. The summed E-state index contributed by atoms with van der Waals surface area (Å²) < 4.78 is 0. The molecule has 5 heteroatoms. The van der Waals surface area contributed by atoms with Crippen molar-refractivity contribution in [1.29, 1.82) is 0 Å². The maximum atomic E-state index is 12.5. The van der Waals surface area contributed by atoms with E-state index >= 15 is 0 Å². The summed E-state index contributed by atoms with van der Waals surface area (Å²) >= 11 is 1.90. The van der Waals surface area contributed by atoms with E-state index in [1.807, 2.05) is 40.9 Å². The van der Waals surface area contributed by atoms with Crippen LogP contribution in [-0.2, 0) is 0 Å². The van der Waals surface area contributed by atoms with Crippen molar-refractivity contribution in [2.24, 2.45) is 0 Å².